The van der Waals surface area contributed by atoms with Crippen molar-refractivity contribution in [3.63, 3.8) is 0 Å². The Morgan fingerprint density at radius 2 is 1.15 bits per heavy atom. The van der Waals surface area contributed by atoms with Gasteiger partial charge in [0.1, 0.15) is 17.3 Å². The first-order valence-corrected chi connectivity index (χ1v) is 11.6. The van der Waals surface area contributed by atoms with Gasteiger partial charge < -0.3 is 19.4 Å². The van der Waals surface area contributed by atoms with Crippen LogP contribution in [0.5, 0.6) is 11.5 Å². The molecule has 0 saturated carbocycles. The highest BCUT2D eigenvalue weighted by Gasteiger charge is 2.14. The minimum absolute atomic E-state index is 0.644. The van der Waals surface area contributed by atoms with Gasteiger partial charge in [-0.05, 0) is 98.8 Å². The number of anilines is 3. The summed E-state index contributed by atoms with van der Waals surface area (Å²) in [5.41, 5.74) is 6.18. The number of imidazole rings is 1. The van der Waals surface area contributed by atoms with Gasteiger partial charge in [-0.1, -0.05) is 12.1 Å². The molecule has 0 aliphatic heterocycles. The van der Waals surface area contributed by atoms with E-state index in [9.17, 15) is 0 Å². The van der Waals surface area contributed by atoms with Crippen LogP contribution >= 0.6 is 0 Å². The lowest BCUT2D eigenvalue weighted by atomic mass is 10.1. The molecule has 0 saturated heterocycles. The summed E-state index contributed by atoms with van der Waals surface area (Å²) in [5.74, 6) is 2.58. The SMILES string of the molecule is CCOc1ccc(N(c2ccc(OCC)cc2)c2ccc(-c3nc4ccccc4[nH]3)cc2)cc1. The van der Waals surface area contributed by atoms with Gasteiger partial charge in [0.2, 0.25) is 0 Å². The van der Waals surface area contributed by atoms with Crippen LogP contribution in [0.4, 0.5) is 17.1 Å². The Bertz CT molecular complexity index is 1280. The number of hydrogen-bond acceptors (Lipinski definition) is 4. The molecule has 5 aromatic rings. The average molecular weight is 450 g/mol. The van der Waals surface area contributed by atoms with Gasteiger partial charge in [0, 0.05) is 22.6 Å². The lowest BCUT2D eigenvalue weighted by Crippen LogP contribution is -2.10. The second kappa shape index (κ2) is 9.71. The number of rotatable bonds is 8. The highest BCUT2D eigenvalue weighted by Crippen LogP contribution is 2.37. The van der Waals surface area contributed by atoms with Crippen molar-refractivity contribution in [1.29, 1.82) is 0 Å². The number of aromatic amines is 1. The smallest absolute Gasteiger partial charge is 0.138 e. The van der Waals surface area contributed by atoms with Crippen molar-refractivity contribution < 1.29 is 9.47 Å². The number of fused-ring (bicyclic) bond motifs is 1. The molecule has 170 valence electrons. The predicted octanol–water partition coefficient (Wildman–Crippen LogP) is 7.50. The van der Waals surface area contributed by atoms with Crippen LogP contribution in [0.2, 0.25) is 0 Å². The molecule has 0 atom stereocenters. The zero-order chi connectivity index (χ0) is 23.3. The third-order valence-corrected chi connectivity index (χ3v) is 5.60. The van der Waals surface area contributed by atoms with Crippen LogP contribution in [0, 0.1) is 0 Å². The molecule has 0 fully saturated rings. The van der Waals surface area contributed by atoms with Gasteiger partial charge in [-0.3, -0.25) is 0 Å². The summed E-state index contributed by atoms with van der Waals surface area (Å²) in [4.78, 5) is 10.4. The van der Waals surface area contributed by atoms with Crippen molar-refractivity contribution >= 4 is 28.1 Å². The van der Waals surface area contributed by atoms with Gasteiger partial charge in [-0.25, -0.2) is 4.98 Å². The van der Waals surface area contributed by atoms with Crippen LogP contribution in [-0.4, -0.2) is 23.2 Å². The van der Waals surface area contributed by atoms with E-state index in [0.717, 1.165) is 51.0 Å². The van der Waals surface area contributed by atoms with Crippen LogP contribution in [0.1, 0.15) is 13.8 Å². The van der Waals surface area contributed by atoms with E-state index in [0.29, 0.717) is 13.2 Å². The fourth-order valence-corrected chi connectivity index (χ4v) is 4.02. The zero-order valence-corrected chi connectivity index (χ0v) is 19.4. The highest BCUT2D eigenvalue weighted by molar-refractivity contribution is 5.81. The minimum atomic E-state index is 0.644. The van der Waals surface area contributed by atoms with Crippen LogP contribution in [0.25, 0.3) is 22.4 Å². The lowest BCUT2D eigenvalue weighted by Gasteiger charge is -2.26. The average Bonchev–Trinajstić information content (AvgIpc) is 3.32. The van der Waals surface area contributed by atoms with Crippen molar-refractivity contribution in [2.24, 2.45) is 0 Å². The second-order valence-electron chi connectivity index (χ2n) is 7.84. The Morgan fingerprint density at radius 1 is 0.647 bits per heavy atom. The molecule has 4 aromatic carbocycles. The van der Waals surface area contributed by atoms with E-state index in [2.05, 4.69) is 58.4 Å². The third kappa shape index (κ3) is 4.46. The molecule has 34 heavy (non-hydrogen) atoms. The van der Waals surface area contributed by atoms with Gasteiger partial charge in [-0.15, -0.1) is 0 Å². The lowest BCUT2D eigenvalue weighted by molar-refractivity contribution is 0.340. The molecule has 5 rings (SSSR count). The summed E-state index contributed by atoms with van der Waals surface area (Å²) < 4.78 is 11.3. The van der Waals surface area contributed by atoms with Crippen LogP contribution < -0.4 is 14.4 Å². The molecule has 0 aliphatic carbocycles. The van der Waals surface area contributed by atoms with E-state index < -0.39 is 0 Å². The topological polar surface area (TPSA) is 50.4 Å². The normalized spacial score (nSPS) is 10.9. The molecule has 0 aliphatic rings. The molecular weight excluding hydrogens is 422 g/mol. The van der Waals surface area contributed by atoms with Crippen molar-refractivity contribution in [3.05, 3.63) is 97.1 Å². The largest absolute Gasteiger partial charge is 0.494 e. The van der Waals surface area contributed by atoms with Gasteiger partial charge in [0.15, 0.2) is 0 Å². The van der Waals surface area contributed by atoms with Crippen LogP contribution in [0.3, 0.4) is 0 Å². The summed E-state index contributed by atoms with van der Waals surface area (Å²) in [6.07, 6.45) is 0. The fraction of sp³-hybridized carbons (Fsp3) is 0.138. The Balaban J connectivity index is 1.51. The zero-order valence-electron chi connectivity index (χ0n) is 19.4. The van der Waals surface area contributed by atoms with E-state index >= 15 is 0 Å². The number of aromatic nitrogens is 2. The summed E-state index contributed by atoms with van der Waals surface area (Å²) >= 11 is 0. The van der Waals surface area contributed by atoms with E-state index in [1.807, 2.05) is 62.4 Å². The maximum absolute atomic E-state index is 5.64. The monoisotopic (exact) mass is 449 g/mol. The Morgan fingerprint density at radius 3 is 1.65 bits per heavy atom. The van der Waals surface area contributed by atoms with E-state index in [1.165, 1.54) is 0 Å². The Labute approximate surface area is 199 Å². The molecule has 5 heteroatoms. The van der Waals surface area contributed by atoms with Gasteiger partial charge in [-0.2, -0.15) is 0 Å². The highest BCUT2D eigenvalue weighted by atomic mass is 16.5. The number of nitrogens with one attached hydrogen (secondary N) is 1. The predicted molar refractivity (Wildman–Crippen MR) is 139 cm³/mol. The number of para-hydroxylation sites is 2. The van der Waals surface area contributed by atoms with E-state index in [-0.39, 0.29) is 0 Å². The molecule has 0 radical (unpaired) electrons. The van der Waals surface area contributed by atoms with Crippen molar-refractivity contribution in [2.45, 2.75) is 13.8 Å². The second-order valence-corrected chi connectivity index (χ2v) is 7.84. The maximum atomic E-state index is 5.64. The number of hydrogen-bond donors (Lipinski definition) is 1. The molecule has 0 unspecified atom stereocenters. The van der Waals surface area contributed by atoms with Crippen molar-refractivity contribution in [3.8, 4) is 22.9 Å². The molecule has 0 spiro atoms. The molecule has 1 aromatic heterocycles. The summed E-state index contributed by atoms with van der Waals surface area (Å²) in [5, 5.41) is 0. The van der Waals surface area contributed by atoms with Crippen LogP contribution in [0.15, 0.2) is 97.1 Å². The standard InChI is InChI=1S/C29H27N3O2/c1-3-33-25-17-13-23(14-18-25)32(24-15-19-26(20-16-24)34-4-2)22-11-9-21(10-12-22)29-30-27-7-5-6-8-28(27)31-29/h5-20H,3-4H2,1-2H3,(H,30,31). The van der Waals surface area contributed by atoms with Crippen molar-refractivity contribution in [1.82, 2.24) is 9.97 Å². The number of H-pyrrole nitrogens is 1. The first-order valence-electron chi connectivity index (χ1n) is 11.6. The van der Waals surface area contributed by atoms with Gasteiger partial charge in [0.25, 0.3) is 0 Å². The number of nitrogens with zero attached hydrogens (tertiary/aromatic N) is 2. The number of benzene rings is 4. The summed E-state index contributed by atoms with van der Waals surface area (Å²) in [7, 11) is 0. The first kappa shape index (κ1) is 21.6. The quantitative estimate of drug-likeness (QED) is 0.266. The van der Waals surface area contributed by atoms with E-state index in [4.69, 9.17) is 14.5 Å². The Kier molecular flexibility index (Phi) is 6.17. The molecule has 0 amide bonds. The minimum Gasteiger partial charge on any atom is -0.494 e. The van der Waals surface area contributed by atoms with Crippen LogP contribution in [-0.2, 0) is 0 Å². The Hall–Kier alpha value is -4.25. The fourth-order valence-electron chi connectivity index (χ4n) is 4.02. The van der Waals surface area contributed by atoms with Gasteiger partial charge >= 0.3 is 0 Å². The third-order valence-electron chi connectivity index (χ3n) is 5.60. The van der Waals surface area contributed by atoms with Crippen molar-refractivity contribution in [2.75, 3.05) is 18.1 Å². The number of ether oxygens (including phenoxy) is 2. The molecular formula is C29H27N3O2. The first-order chi connectivity index (χ1) is 16.7. The van der Waals surface area contributed by atoms with Gasteiger partial charge in [0.05, 0.1) is 24.2 Å². The maximum Gasteiger partial charge on any atom is 0.138 e. The molecule has 1 heterocycles. The summed E-state index contributed by atoms with van der Waals surface area (Å²) in [6.45, 7) is 5.27. The van der Waals surface area contributed by atoms with E-state index in [1.54, 1.807) is 0 Å². The molecule has 1 N–H and O–H groups in total. The molecule has 5 nitrogen and oxygen atoms in total. The molecule has 0 bridgehead atoms. The summed E-state index contributed by atoms with van der Waals surface area (Å²) in [6, 6.07) is 32.8.